The van der Waals surface area contributed by atoms with Gasteiger partial charge in [0, 0.05) is 39.6 Å². The number of nitrogens with zero attached hydrogens (tertiary/aromatic N) is 3. The average molecular weight is 345 g/mol. The number of guanidine groups is 1. The van der Waals surface area contributed by atoms with E-state index >= 15 is 0 Å². The minimum absolute atomic E-state index is 0.689. The fourth-order valence-electron chi connectivity index (χ4n) is 3.23. The maximum Gasteiger partial charge on any atom is 0.193 e. The van der Waals surface area contributed by atoms with Crippen LogP contribution in [0.4, 0.5) is 0 Å². The third-order valence-electron chi connectivity index (χ3n) is 4.72. The molecule has 1 aliphatic carbocycles. The summed E-state index contributed by atoms with van der Waals surface area (Å²) in [6.45, 7) is 1.74. The Balaban J connectivity index is 1.51. The Morgan fingerprint density at radius 3 is 2.75 bits per heavy atom. The van der Waals surface area contributed by atoms with Crippen LogP contribution >= 0.6 is 11.6 Å². The maximum absolute atomic E-state index is 6.06. The molecular formula is C19H25ClN4. The molecule has 1 aromatic heterocycles. The van der Waals surface area contributed by atoms with Crippen LogP contribution in [-0.4, -0.2) is 36.1 Å². The van der Waals surface area contributed by atoms with E-state index < -0.39 is 0 Å². The smallest absolute Gasteiger partial charge is 0.193 e. The molecule has 3 rings (SSSR count). The van der Waals surface area contributed by atoms with Gasteiger partial charge in [0.25, 0.3) is 0 Å². The van der Waals surface area contributed by atoms with Crippen molar-refractivity contribution in [3.05, 3.63) is 58.9 Å². The van der Waals surface area contributed by atoms with E-state index in [-0.39, 0.29) is 0 Å². The van der Waals surface area contributed by atoms with Crippen LogP contribution in [0.1, 0.15) is 23.6 Å². The molecule has 1 aliphatic rings. The highest BCUT2D eigenvalue weighted by Gasteiger charge is 2.37. The first-order valence-electron chi connectivity index (χ1n) is 8.36. The van der Waals surface area contributed by atoms with Gasteiger partial charge in [-0.3, -0.25) is 4.99 Å². The SMILES string of the molecule is CN=C(NCC1CC1c1ccccc1)N(C)Cc1cc(Cl)cn1C. The van der Waals surface area contributed by atoms with Crippen molar-refractivity contribution in [2.75, 3.05) is 20.6 Å². The molecule has 0 saturated heterocycles. The molecule has 1 saturated carbocycles. The van der Waals surface area contributed by atoms with Crippen LogP contribution in [0.5, 0.6) is 0 Å². The van der Waals surface area contributed by atoms with Gasteiger partial charge in [-0.1, -0.05) is 41.9 Å². The summed E-state index contributed by atoms with van der Waals surface area (Å²) in [6.07, 6.45) is 3.18. The van der Waals surface area contributed by atoms with Gasteiger partial charge < -0.3 is 14.8 Å². The van der Waals surface area contributed by atoms with Crippen molar-refractivity contribution in [3.63, 3.8) is 0 Å². The van der Waals surface area contributed by atoms with Gasteiger partial charge in [-0.15, -0.1) is 0 Å². The zero-order valence-electron chi connectivity index (χ0n) is 14.5. The van der Waals surface area contributed by atoms with Crippen LogP contribution in [0.3, 0.4) is 0 Å². The summed E-state index contributed by atoms with van der Waals surface area (Å²) >= 11 is 6.06. The van der Waals surface area contributed by atoms with Crippen molar-refractivity contribution >= 4 is 17.6 Å². The fourth-order valence-corrected chi connectivity index (χ4v) is 3.50. The molecule has 128 valence electrons. The Kier molecular flexibility index (Phi) is 5.14. The van der Waals surface area contributed by atoms with Gasteiger partial charge in [0.1, 0.15) is 0 Å². The van der Waals surface area contributed by atoms with Crippen LogP contribution in [0.25, 0.3) is 0 Å². The van der Waals surface area contributed by atoms with E-state index in [1.807, 2.05) is 26.4 Å². The number of aryl methyl sites for hydroxylation is 1. The second kappa shape index (κ2) is 7.31. The van der Waals surface area contributed by atoms with Crippen LogP contribution in [0.15, 0.2) is 47.6 Å². The lowest BCUT2D eigenvalue weighted by molar-refractivity contribution is 0.459. The molecule has 1 N–H and O–H groups in total. The normalized spacial score (nSPS) is 20.1. The van der Waals surface area contributed by atoms with E-state index in [0.717, 1.165) is 24.1 Å². The summed E-state index contributed by atoms with van der Waals surface area (Å²) in [5, 5.41) is 4.28. The molecule has 0 amide bonds. The van der Waals surface area contributed by atoms with Gasteiger partial charge in [-0.05, 0) is 29.9 Å². The van der Waals surface area contributed by atoms with Crippen LogP contribution in [-0.2, 0) is 13.6 Å². The largest absolute Gasteiger partial charge is 0.356 e. The van der Waals surface area contributed by atoms with Crippen molar-refractivity contribution in [2.24, 2.45) is 18.0 Å². The molecule has 5 heteroatoms. The third-order valence-corrected chi connectivity index (χ3v) is 4.93. The van der Waals surface area contributed by atoms with E-state index in [1.54, 1.807) is 0 Å². The highest BCUT2D eigenvalue weighted by atomic mass is 35.5. The lowest BCUT2D eigenvalue weighted by Gasteiger charge is -2.22. The van der Waals surface area contributed by atoms with Crippen molar-refractivity contribution in [3.8, 4) is 0 Å². The van der Waals surface area contributed by atoms with Crippen molar-refractivity contribution in [2.45, 2.75) is 18.9 Å². The first kappa shape index (κ1) is 16.9. The first-order chi connectivity index (χ1) is 11.6. The molecule has 2 aromatic rings. The van der Waals surface area contributed by atoms with E-state index in [0.29, 0.717) is 11.8 Å². The Morgan fingerprint density at radius 2 is 2.12 bits per heavy atom. The Hall–Kier alpha value is -1.94. The molecule has 4 nitrogen and oxygen atoms in total. The number of aromatic nitrogens is 1. The zero-order chi connectivity index (χ0) is 17.1. The molecule has 0 bridgehead atoms. The maximum atomic E-state index is 6.06. The van der Waals surface area contributed by atoms with Gasteiger partial charge in [0.2, 0.25) is 0 Å². The first-order valence-corrected chi connectivity index (χ1v) is 8.73. The molecule has 1 aromatic carbocycles. The molecule has 0 aliphatic heterocycles. The summed E-state index contributed by atoms with van der Waals surface area (Å²) in [4.78, 5) is 6.54. The Morgan fingerprint density at radius 1 is 1.38 bits per heavy atom. The van der Waals surface area contributed by atoms with Crippen molar-refractivity contribution in [1.29, 1.82) is 0 Å². The predicted molar refractivity (Wildman–Crippen MR) is 101 cm³/mol. The van der Waals surface area contributed by atoms with E-state index in [4.69, 9.17) is 11.6 Å². The lowest BCUT2D eigenvalue weighted by Crippen LogP contribution is -2.39. The standard InChI is InChI=1S/C19H25ClN4/c1-21-19(24(3)13-17-10-16(20)12-23(17)2)22-11-15-9-18(15)14-7-5-4-6-8-14/h4-8,10,12,15,18H,9,11,13H2,1-3H3,(H,21,22). The number of benzene rings is 1. The summed E-state index contributed by atoms with van der Waals surface area (Å²) in [6, 6.07) is 12.8. The molecule has 0 spiro atoms. The summed E-state index contributed by atoms with van der Waals surface area (Å²) in [7, 11) is 5.90. The summed E-state index contributed by atoms with van der Waals surface area (Å²) in [5.41, 5.74) is 2.62. The molecule has 2 atom stereocenters. The van der Waals surface area contributed by atoms with Crippen LogP contribution in [0.2, 0.25) is 5.02 Å². The molecular weight excluding hydrogens is 320 g/mol. The van der Waals surface area contributed by atoms with Gasteiger partial charge in [-0.2, -0.15) is 0 Å². The number of nitrogens with one attached hydrogen (secondary N) is 1. The minimum atomic E-state index is 0.689. The zero-order valence-corrected chi connectivity index (χ0v) is 15.3. The Bertz CT molecular complexity index is 707. The topological polar surface area (TPSA) is 32.6 Å². The number of hydrogen-bond donors (Lipinski definition) is 1. The number of aliphatic imine (C=N–C) groups is 1. The second-order valence-corrected chi connectivity index (χ2v) is 6.99. The number of halogens is 1. The number of rotatable bonds is 5. The van der Waals surface area contributed by atoms with Crippen LogP contribution < -0.4 is 5.32 Å². The van der Waals surface area contributed by atoms with Crippen molar-refractivity contribution in [1.82, 2.24) is 14.8 Å². The Labute approximate surface area is 149 Å². The minimum Gasteiger partial charge on any atom is -0.356 e. The van der Waals surface area contributed by atoms with Crippen molar-refractivity contribution < 1.29 is 0 Å². The highest BCUT2D eigenvalue weighted by molar-refractivity contribution is 6.30. The third kappa shape index (κ3) is 3.93. The second-order valence-electron chi connectivity index (χ2n) is 6.56. The number of hydrogen-bond acceptors (Lipinski definition) is 1. The summed E-state index contributed by atoms with van der Waals surface area (Å²) in [5.74, 6) is 2.31. The van der Waals surface area contributed by atoms with Gasteiger partial charge >= 0.3 is 0 Å². The molecule has 24 heavy (non-hydrogen) atoms. The molecule has 1 fully saturated rings. The van der Waals surface area contributed by atoms with Gasteiger partial charge in [0.15, 0.2) is 5.96 Å². The van der Waals surface area contributed by atoms with Gasteiger partial charge in [-0.25, -0.2) is 0 Å². The highest BCUT2D eigenvalue weighted by Crippen LogP contribution is 2.46. The summed E-state index contributed by atoms with van der Waals surface area (Å²) < 4.78 is 2.05. The fraction of sp³-hybridized carbons (Fsp3) is 0.421. The van der Waals surface area contributed by atoms with E-state index in [1.165, 1.54) is 17.7 Å². The lowest BCUT2D eigenvalue weighted by atomic mass is 10.1. The monoisotopic (exact) mass is 344 g/mol. The van der Waals surface area contributed by atoms with Gasteiger partial charge in [0.05, 0.1) is 11.6 Å². The predicted octanol–water partition coefficient (Wildman–Crippen LogP) is 3.49. The quantitative estimate of drug-likeness (QED) is 0.665. The van der Waals surface area contributed by atoms with E-state index in [2.05, 4.69) is 57.2 Å². The molecule has 0 radical (unpaired) electrons. The molecule has 1 heterocycles. The molecule has 2 unspecified atom stereocenters. The van der Waals surface area contributed by atoms with E-state index in [9.17, 15) is 0 Å². The van der Waals surface area contributed by atoms with Crippen LogP contribution in [0, 0.1) is 5.92 Å². The average Bonchev–Trinajstić information content (AvgIpc) is 3.28.